The van der Waals surface area contributed by atoms with Crippen molar-refractivity contribution in [2.24, 2.45) is 5.73 Å². The number of benzene rings is 1. The number of aliphatic carboxylic acids is 2. The van der Waals surface area contributed by atoms with Crippen molar-refractivity contribution < 1.29 is 44.1 Å². The summed E-state index contributed by atoms with van der Waals surface area (Å²) in [4.78, 5) is 72.3. The summed E-state index contributed by atoms with van der Waals surface area (Å²) in [5.74, 6) is -5.98. The topological polar surface area (TPSA) is 237 Å². The van der Waals surface area contributed by atoms with Gasteiger partial charge in [-0.05, 0) is 32.8 Å². The largest absolute Gasteiger partial charge is 0.481 e. The Kier molecular flexibility index (Phi) is 12.3. The fourth-order valence-corrected chi connectivity index (χ4v) is 3.11. The summed E-state index contributed by atoms with van der Waals surface area (Å²) in [6.45, 7) is 3.30. The molecule has 0 aliphatic rings. The maximum atomic E-state index is 12.7. The first-order valence-corrected chi connectivity index (χ1v) is 11.8. The molecule has 1 rings (SSSR count). The van der Waals surface area contributed by atoms with Crippen LogP contribution in [-0.2, 0) is 35.2 Å². The van der Waals surface area contributed by atoms with Crippen LogP contribution in [0.4, 0.5) is 0 Å². The van der Waals surface area contributed by atoms with Gasteiger partial charge in [0.05, 0.1) is 18.2 Å². The molecule has 0 spiro atoms. The molecule has 0 bridgehead atoms. The number of carbonyl (C=O) groups excluding carboxylic acids is 4. The van der Waals surface area contributed by atoms with Gasteiger partial charge in [0.1, 0.15) is 18.1 Å². The first kappa shape index (κ1) is 32.0. The highest BCUT2D eigenvalue weighted by Crippen LogP contribution is 2.05. The van der Waals surface area contributed by atoms with Crippen LogP contribution >= 0.6 is 0 Å². The molecule has 1 aromatic rings. The summed E-state index contributed by atoms with van der Waals surface area (Å²) < 4.78 is 0. The van der Waals surface area contributed by atoms with E-state index in [1.807, 2.05) is 0 Å². The van der Waals surface area contributed by atoms with Gasteiger partial charge < -0.3 is 42.3 Å². The van der Waals surface area contributed by atoms with E-state index in [0.29, 0.717) is 5.56 Å². The van der Waals surface area contributed by atoms with Gasteiger partial charge in [0, 0.05) is 12.8 Å². The monoisotopic (exact) mass is 537 g/mol. The zero-order valence-corrected chi connectivity index (χ0v) is 21.4. The van der Waals surface area contributed by atoms with Crippen LogP contribution in [0.25, 0.3) is 0 Å². The van der Waals surface area contributed by atoms with E-state index in [-0.39, 0.29) is 12.8 Å². The lowest BCUT2D eigenvalue weighted by atomic mass is 10.0. The maximum absolute atomic E-state index is 12.7. The second-order valence-electron chi connectivity index (χ2n) is 9.27. The van der Waals surface area contributed by atoms with Gasteiger partial charge in [-0.2, -0.15) is 0 Å². The number of carbonyl (C=O) groups is 6. The predicted molar refractivity (Wildman–Crippen MR) is 133 cm³/mol. The molecule has 9 N–H and O–H groups in total. The van der Waals surface area contributed by atoms with E-state index in [1.54, 1.807) is 30.3 Å². The Morgan fingerprint density at radius 1 is 0.921 bits per heavy atom. The molecule has 0 fully saturated rings. The van der Waals surface area contributed by atoms with E-state index >= 15 is 0 Å². The van der Waals surface area contributed by atoms with Crippen LogP contribution in [-0.4, -0.2) is 87.2 Å². The first-order chi connectivity index (χ1) is 17.6. The number of hydrogen-bond donors (Lipinski definition) is 8. The highest BCUT2D eigenvalue weighted by atomic mass is 16.4. The molecule has 0 unspecified atom stereocenters. The molecule has 0 aliphatic carbocycles. The van der Waals surface area contributed by atoms with Crippen LogP contribution < -0.4 is 27.0 Å². The summed E-state index contributed by atoms with van der Waals surface area (Å²) >= 11 is 0. The highest BCUT2D eigenvalue weighted by molar-refractivity contribution is 5.95. The normalized spacial score (nSPS) is 14.2. The standard InChI is InChI=1S/C24H35N5O9/c1-13(30)19(21(35)27-16(22(36)37)11-14-7-5-4-6-8-14)29-17(31)12-26-20(34)15(9-10-18(32)33)28-23(38)24(2,3)25/h4-8,13,15-16,19,30H,9-12,25H2,1-3H3,(H,26,34)(H,27,35)(H,28,38)(H,29,31)(H,32,33)(H,36,37)/t13-,15+,16+,19+/m1/s1. The van der Waals surface area contributed by atoms with Gasteiger partial charge >= 0.3 is 11.9 Å². The van der Waals surface area contributed by atoms with Crippen LogP contribution in [0.5, 0.6) is 0 Å². The molecule has 0 heterocycles. The fourth-order valence-electron chi connectivity index (χ4n) is 3.11. The summed E-state index contributed by atoms with van der Waals surface area (Å²) in [6.07, 6.45) is -2.19. The molecule has 14 heteroatoms. The van der Waals surface area contributed by atoms with Crippen molar-refractivity contribution in [2.75, 3.05) is 6.54 Å². The molecular formula is C24H35N5O9. The Bertz CT molecular complexity index is 1010. The van der Waals surface area contributed by atoms with E-state index in [4.69, 9.17) is 10.8 Å². The van der Waals surface area contributed by atoms with E-state index in [1.165, 1.54) is 20.8 Å². The minimum Gasteiger partial charge on any atom is -0.481 e. The molecule has 38 heavy (non-hydrogen) atoms. The van der Waals surface area contributed by atoms with Gasteiger partial charge in [-0.1, -0.05) is 30.3 Å². The van der Waals surface area contributed by atoms with Crippen molar-refractivity contribution in [3.63, 3.8) is 0 Å². The van der Waals surface area contributed by atoms with Crippen LogP contribution in [0.3, 0.4) is 0 Å². The minimum absolute atomic E-state index is 0.0402. The molecule has 1 aromatic carbocycles. The lowest BCUT2D eigenvalue weighted by Gasteiger charge is -2.25. The van der Waals surface area contributed by atoms with E-state index in [9.17, 15) is 39.0 Å². The number of carboxylic acids is 2. The number of rotatable bonds is 15. The average Bonchev–Trinajstić information content (AvgIpc) is 2.82. The van der Waals surface area contributed by atoms with Gasteiger partial charge in [-0.25, -0.2) is 4.79 Å². The molecular weight excluding hydrogens is 502 g/mol. The third-order valence-corrected chi connectivity index (χ3v) is 5.26. The van der Waals surface area contributed by atoms with Crippen molar-refractivity contribution in [1.82, 2.24) is 21.3 Å². The van der Waals surface area contributed by atoms with Crippen LogP contribution in [0, 0.1) is 0 Å². The van der Waals surface area contributed by atoms with E-state index in [2.05, 4.69) is 21.3 Å². The fraction of sp³-hybridized carbons (Fsp3) is 0.500. The molecule has 0 saturated heterocycles. The lowest BCUT2D eigenvalue weighted by Crippen LogP contribution is -2.58. The summed E-state index contributed by atoms with van der Waals surface area (Å²) in [7, 11) is 0. The Morgan fingerprint density at radius 3 is 2.03 bits per heavy atom. The van der Waals surface area contributed by atoms with E-state index in [0.717, 1.165) is 0 Å². The third-order valence-electron chi connectivity index (χ3n) is 5.26. The Morgan fingerprint density at radius 2 is 1.53 bits per heavy atom. The van der Waals surface area contributed by atoms with Crippen molar-refractivity contribution in [2.45, 2.75) is 69.8 Å². The van der Waals surface area contributed by atoms with Gasteiger partial charge in [0.15, 0.2) is 0 Å². The quantitative estimate of drug-likeness (QED) is 0.121. The molecule has 0 radical (unpaired) electrons. The SMILES string of the molecule is C[C@@H](O)[C@H](NC(=O)CNC(=O)[C@H](CCC(=O)O)NC(=O)C(C)(C)N)C(=O)N[C@@H](Cc1ccccc1)C(=O)O. The molecule has 0 aromatic heterocycles. The van der Waals surface area contributed by atoms with Gasteiger partial charge in [0.25, 0.3) is 0 Å². The van der Waals surface area contributed by atoms with Crippen LogP contribution in [0.2, 0.25) is 0 Å². The smallest absolute Gasteiger partial charge is 0.326 e. The predicted octanol–water partition coefficient (Wildman–Crippen LogP) is -2.13. The third kappa shape index (κ3) is 11.3. The van der Waals surface area contributed by atoms with Gasteiger partial charge in [-0.3, -0.25) is 24.0 Å². The van der Waals surface area contributed by atoms with Crippen LogP contribution in [0.15, 0.2) is 30.3 Å². The van der Waals surface area contributed by atoms with Gasteiger partial charge in [0.2, 0.25) is 23.6 Å². The van der Waals surface area contributed by atoms with Crippen molar-refractivity contribution >= 4 is 35.6 Å². The molecule has 0 saturated carbocycles. The van der Waals surface area contributed by atoms with E-state index < -0.39 is 78.3 Å². The molecule has 0 aliphatic heterocycles. The zero-order valence-electron chi connectivity index (χ0n) is 21.4. The minimum atomic E-state index is -1.54. The molecule has 210 valence electrons. The zero-order chi connectivity index (χ0) is 29.0. The number of hydrogen-bond acceptors (Lipinski definition) is 8. The lowest BCUT2D eigenvalue weighted by molar-refractivity contribution is -0.143. The number of nitrogens with one attached hydrogen (secondary N) is 4. The Balaban J connectivity index is 2.80. The second kappa shape index (κ2) is 14.6. The Labute approximate surface area is 219 Å². The summed E-state index contributed by atoms with van der Waals surface area (Å²) in [6, 6.07) is 4.33. The highest BCUT2D eigenvalue weighted by Gasteiger charge is 2.31. The number of amides is 4. The van der Waals surface area contributed by atoms with Crippen LogP contribution in [0.1, 0.15) is 39.2 Å². The van der Waals surface area contributed by atoms with Crippen molar-refractivity contribution in [1.29, 1.82) is 0 Å². The number of aliphatic hydroxyl groups excluding tert-OH is 1. The van der Waals surface area contributed by atoms with Gasteiger partial charge in [-0.15, -0.1) is 0 Å². The summed E-state index contributed by atoms with van der Waals surface area (Å²) in [5, 5.41) is 37.5. The second-order valence-corrected chi connectivity index (χ2v) is 9.27. The number of aliphatic hydroxyl groups is 1. The molecule has 14 nitrogen and oxygen atoms in total. The summed E-state index contributed by atoms with van der Waals surface area (Å²) in [5.41, 5.74) is 4.98. The first-order valence-electron chi connectivity index (χ1n) is 11.8. The number of carboxylic acid groups (broad SMARTS) is 2. The average molecular weight is 538 g/mol. The maximum Gasteiger partial charge on any atom is 0.326 e. The van der Waals surface area contributed by atoms with Crippen molar-refractivity contribution in [3.8, 4) is 0 Å². The molecule has 4 atom stereocenters. The van der Waals surface area contributed by atoms with Crippen molar-refractivity contribution in [3.05, 3.63) is 35.9 Å². The molecule has 4 amide bonds. The Hall–Kier alpha value is -4.04. The number of nitrogens with two attached hydrogens (primary N) is 1.